The van der Waals surface area contributed by atoms with Crippen LogP contribution in [0.5, 0.6) is 0 Å². The Morgan fingerprint density at radius 2 is 2.19 bits per heavy atom. The number of halogens is 2. The van der Waals surface area contributed by atoms with Crippen LogP contribution in [0.1, 0.15) is 22.0 Å². The van der Waals surface area contributed by atoms with Gasteiger partial charge in [0.25, 0.3) is 0 Å². The molecule has 0 spiro atoms. The first-order valence-electron chi connectivity index (χ1n) is 7.68. The molecule has 2 aromatic heterocycles. The third kappa shape index (κ3) is 4.30. The van der Waals surface area contributed by atoms with Gasteiger partial charge in [0, 0.05) is 10.4 Å². The molecule has 1 amide bonds. The van der Waals surface area contributed by atoms with Gasteiger partial charge in [-0.1, -0.05) is 29.3 Å². The highest BCUT2D eigenvalue weighted by Crippen LogP contribution is 2.23. The Hall–Kier alpha value is -2.22. The first-order valence-corrected chi connectivity index (χ1v) is 9.31. The number of amides is 1. The van der Waals surface area contributed by atoms with Crippen LogP contribution >= 0.6 is 34.5 Å². The maximum absolute atomic E-state index is 11.9. The van der Waals surface area contributed by atoms with Gasteiger partial charge in [0.1, 0.15) is 5.15 Å². The van der Waals surface area contributed by atoms with E-state index in [4.69, 9.17) is 23.2 Å². The van der Waals surface area contributed by atoms with Crippen molar-refractivity contribution >= 4 is 46.7 Å². The molecule has 0 fully saturated rings. The first-order chi connectivity index (χ1) is 12.4. The van der Waals surface area contributed by atoms with Crippen LogP contribution in [0.15, 0.2) is 34.7 Å². The summed E-state index contributed by atoms with van der Waals surface area (Å²) in [4.78, 5) is 16.2. The molecule has 134 valence electrons. The number of rotatable bonds is 5. The summed E-state index contributed by atoms with van der Waals surface area (Å²) in [7, 11) is 0. The molecular formula is C17H15Cl2N5OS. The first kappa shape index (κ1) is 18.6. The summed E-state index contributed by atoms with van der Waals surface area (Å²) in [6.45, 7) is 3.71. The molecule has 1 aromatic carbocycles. The van der Waals surface area contributed by atoms with Gasteiger partial charge < -0.3 is 0 Å². The van der Waals surface area contributed by atoms with Crippen LogP contribution in [-0.2, 0) is 11.2 Å². The molecule has 0 saturated heterocycles. The van der Waals surface area contributed by atoms with Crippen molar-refractivity contribution in [1.29, 1.82) is 0 Å². The largest absolute Gasteiger partial charge is 0.273 e. The van der Waals surface area contributed by atoms with Gasteiger partial charge in [0.2, 0.25) is 5.91 Å². The Morgan fingerprint density at radius 3 is 2.88 bits per heavy atom. The molecule has 0 aliphatic rings. The number of aromatic nitrogens is 3. The van der Waals surface area contributed by atoms with Crippen molar-refractivity contribution < 1.29 is 4.79 Å². The normalized spacial score (nSPS) is 11.2. The summed E-state index contributed by atoms with van der Waals surface area (Å²) in [5, 5.41) is 12.1. The van der Waals surface area contributed by atoms with E-state index in [0.717, 1.165) is 16.4 Å². The van der Waals surface area contributed by atoms with E-state index in [1.165, 1.54) is 17.6 Å². The minimum absolute atomic E-state index is 0.177. The third-order valence-electron chi connectivity index (χ3n) is 3.49. The minimum atomic E-state index is -0.248. The van der Waals surface area contributed by atoms with E-state index in [2.05, 4.69) is 20.6 Å². The number of hydrazone groups is 1. The number of carbonyl (C=O) groups is 1. The van der Waals surface area contributed by atoms with Crippen molar-refractivity contribution in [3.8, 4) is 5.69 Å². The number of thiazole rings is 1. The van der Waals surface area contributed by atoms with Crippen molar-refractivity contribution in [3.05, 3.63) is 61.8 Å². The number of benzene rings is 1. The summed E-state index contributed by atoms with van der Waals surface area (Å²) in [6, 6.07) is 7.21. The molecule has 0 radical (unpaired) electrons. The van der Waals surface area contributed by atoms with Crippen molar-refractivity contribution in [2.45, 2.75) is 20.3 Å². The molecule has 0 saturated carbocycles. The second-order valence-corrected chi connectivity index (χ2v) is 7.37. The predicted octanol–water partition coefficient (Wildman–Crippen LogP) is 3.95. The van der Waals surface area contributed by atoms with Crippen LogP contribution in [0.2, 0.25) is 10.2 Å². The van der Waals surface area contributed by atoms with Gasteiger partial charge in [-0.2, -0.15) is 10.2 Å². The molecule has 3 aromatic rings. The fourth-order valence-corrected chi connectivity index (χ4v) is 3.42. The summed E-state index contributed by atoms with van der Waals surface area (Å²) < 4.78 is 1.57. The average molecular weight is 408 g/mol. The smallest absolute Gasteiger partial charge is 0.246 e. The number of nitrogens with one attached hydrogen (secondary N) is 1. The van der Waals surface area contributed by atoms with E-state index in [0.29, 0.717) is 21.4 Å². The molecule has 0 atom stereocenters. The fourth-order valence-electron chi connectivity index (χ4n) is 2.30. The highest BCUT2D eigenvalue weighted by atomic mass is 35.5. The second kappa shape index (κ2) is 7.99. The minimum Gasteiger partial charge on any atom is -0.273 e. The quantitative estimate of drug-likeness (QED) is 0.513. The number of aryl methyl sites for hydroxylation is 2. The topological polar surface area (TPSA) is 72.2 Å². The number of hydrogen-bond donors (Lipinski definition) is 1. The maximum Gasteiger partial charge on any atom is 0.246 e. The number of nitrogens with zero attached hydrogens (tertiary/aromatic N) is 4. The van der Waals surface area contributed by atoms with Crippen LogP contribution < -0.4 is 5.43 Å². The van der Waals surface area contributed by atoms with E-state index in [1.807, 2.05) is 31.4 Å². The van der Waals surface area contributed by atoms with Crippen LogP contribution in [-0.4, -0.2) is 26.9 Å². The molecule has 1 N–H and O–H groups in total. The van der Waals surface area contributed by atoms with Crippen molar-refractivity contribution in [3.63, 3.8) is 0 Å². The highest BCUT2D eigenvalue weighted by Gasteiger charge is 2.13. The van der Waals surface area contributed by atoms with E-state index in [9.17, 15) is 4.79 Å². The van der Waals surface area contributed by atoms with Crippen LogP contribution in [0.25, 0.3) is 5.69 Å². The highest BCUT2D eigenvalue weighted by molar-refractivity contribution is 7.09. The van der Waals surface area contributed by atoms with E-state index >= 15 is 0 Å². The maximum atomic E-state index is 11.9. The predicted molar refractivity (Wildman–Crippen MR) is 105 cm³/mol. The molecule has 9 heteroatoms. The van der Waals surface area contributed by atoms with Crippen molar-refractivity contribution in [2.24, 2.45) is 5.10 Å². The molecule has 0 unspecified atom stereocenters. The van der Waals surface area contributed by atoms with Gasteiger partial charge in [-0.15, -0.1) is 11.3 Å². The zero-order chi connectivity index (χ0) is 18.7. The molecule has 3 rings (SSSR count). The summed E-state index contributed by atoms with van der Waals surface area (Å²) in [5.41, 5.74) is 5.25. The van der Waals surface area contributed by atoms with Crippen molar-refractivity contribution in [2.75, 3.05) is 0 Å². The zero-order valence-electron chi connectivity index (χ0n) is 14.0. The molecule has 0 bridgehead atoms. The lowest BCUT2D eigenvalue weighted by molar-refractivity contribution is -0.120. The Morgan fingerprint density at radius 1 is 1.38 bits per heavy atom. The van der Waals surface area contributed by atoms with Gasteiger partial charge in [-0.05, 0) is 32.0 Å². The number of hydrogen-bond acceptors (Lipinski definition) is 5. The third-order valence-corrected chi connectivity index (χ3v) is 4.91. The van der Waals surface area contributed by atoms with E-state index in [1.54, 1.807) is 16.8 Å². The zero-order valence-corrected chi connectivity index (χ0v) is 16.4. The molecule has 0 aliphatic carbocycles. The lowest BCUT2D eigenvalue weighted by atomic mass is 10.3. The fraction of sp³-hybridized carbons (Fsp3) is 0.176. The van der Waals surface area contributed by atoms with Crippen LogP contribution in [0.3, 0.4) is 0 Å². The molecule has 0 aliphatic heterocycles. The molecule has 26 heavy (non-hydrogen) atoms. The summed E-state index contributed by atoms with van der Waals surface area (Å²) in [5.74, 6) is -0.248. The monoisotopic (exact) mass is 407 g/mol. The van der Waals surface area contributed by atoms with E-state index < -0.39 is 0 Å². The summed E-state index contributed by atoms with van der Waals surface area (Å²) >= 11 is 13.9. The number of carbonyl (C=O) groups excluding carboxylic acids is 1. The van der Waals surface area contributed by atoms with Crippen LogP contribution in [0.4, 0.5) is 0 Å². The Bertz CT molecular complexity index is 979. The molecule has 2 heterocycles. The standard InChI is InChI=1S/C17H15Cl2N5OS/c1-10-15(8-20-22-16(25)7-13-9-26-11(2)21-13)17(19)24(23-10)14-5-3-4-12(18)6-14/h3-6,8-9H,7H2,1-2H3,(H,22,25). The molecular weight excluding hydrogens is 393 g/mol. The van der Waals surface area contributed by atoms with Crippen LogP contribution in [0, 0.1) is 13.8 Å². The second-order valence-electron chi connectivity index (χ2n) is 5.51. The average Bonchev–Trinajstić information content (AvgIpc) is 3.12. The molecule has 6 nitrogen and oxygen atoms in total. The Labute approximate surface area is 164 Å². The lowest BCUT2D eigenvalue weighted by Gasteiger charge is -2.03. The summed E-state index contributed by atoms with van der Waals surface area (Å²) in [6.07, 6.45) is 1.66. The van der Waals surface area contributed by atoms with Gasteiger partial charge in [-0.25, -0.2) is 15.1 Å². The van der Waals surface area contributed by atoms with Gasteiger partial charge in [0.15, 0.2) is 0 Å². The Balaban J connectivity index is 1.71. The lowest BCUT2D eigenvalue weighted by Crippen LogP contribution is -2.20. The van der Waals surface area contributed by atoms with Gasteiger partial charge in [0.05, 0.1) is 40.3 Å². The Kier molecular flexibility index (Phi) is 5.70. The SMILES string of the molecule is Cc1nc(CC(=O)NN=Cc2c(C)nn(-c3cccc(Cl)c3)c2Cl)cs1. The van der Waals surface area contributed by atoms with Gasteiger partial charge in [-0.3, -0.25) is 4.79 Å². The van der Waals surface area contributed by atoms with E-state index in [-0.39, 0.29) is 12.3 Å². The van der Waals surface area contributed by atoms with Gasteiger partial charge >= 0.3 is 0 Å². The van der Waals surface area contributed by atoms with Crippen molar-refractivity contribution in [1.82, 2.24) is 20.2 Å².